The van der Waals surface area contributed by atoms with Crippen LogP contribution in [0.15, 0.2) is 60.7 Å². The zero-order valence-electron chi connectivity index (χ0n) is 11.0. The Morgan fingerprint density at radius 1 is 0.625 bits per heavy atom. The molecule has 0 N–H and O–H groups in total. The average Bonchev–Trinajstić information content (AvgIpc) is 2.21. The summed E-state index contributed by atoms with van der Waals surface area (Å²) in [5.41, 5.74) is 0. The number of hydrogen-bond acceptors (Lipinski definition) is 2. The van der Waals surface area contributed by atoms with Crippen LogP contribution >= 0.6 is 0 Å². The van der Waals surface area contributed by atoms with Crippen LogP contribution in [0.2, 0.25) is 0 Å². The molecule has 0 unspecified atom stereocenters. The second kappa shape index (κ2) is 10.5. The summed E-state index contributed by atoms with van der Waals surface area (Å²) in [4.78, 5) is 0. The Morgan fingerprint density at radius 2 is 0.875 bits per heavy atom. The molecular weight excluding hydrogens is 209 g/mol. The summed E-state index contributed by atoms with van der Waals surface area (Å²) in [6, 6.07) is 16.7. The van der Waals surface area contributed by atoms with E-state index in [-0.39, 0.29) is 47.5 Å². The van der Waals surface area contributed by atoms with Crippen LogP contribution in [0, 0.1) is 0 Å². The van der Waals surface area contributed by atoms with Crippen LogP contribution in [0.5, 0.6) is 11.5 Å². The molecule has 0 aliphatic heterocycles. The average molecular weight is 222 g/mol. The first kappa shape index (κ1) is 17.4. The van der Waals surface area contributed by atoms with Crippen molar-refractivity contribution in [2.24, 2.45) is 0 Å². The molecule has 16 heavy (non-hydrogen) atoms. The fourth-order valence-corrected chi connectivity index (χ4v) is 0.841. The summed E-state index contributed by atoms with van der Waals surface area (Å²) in [6.07, 6.45) is 0. The maximum atomic E-state index is 10.3. The van der Waals surface area contributed by atoms with E-state index in [2.05, 4.69) is 0 Å². The van der Waals surface area contributed by atoms with Crippen LogP contribution in [-0.4, -0.2) is 33.2 Å². The van der Waals surface area contributed by atoms with Crippen molar-refractivity contribution in [3.05, 3.63) is 60.7 Å². The maximum Gasteiger partial charge on any atom is 2.00 e. The van der Waals surface area contributed by atoms with Gasteiger partial charge in [-0.25, -0.2) is 0 Å². The van der Waals surface area contributed by atoms with E-state index in [4.69, 9.17) is 0 Å². The van der Waals surface area contributed by atoms with Gasteiger partial charge in [-0.3, -0.25) is 0 Å². The summed E-state index contributed by atoms with van der Waals surface area (Å²) in [5, 5.41) is 20.5. The largest absolute Gasteiger partial charge is 2.00 e. The maximum absolute atomic E-state index is 10.3. The Kier molecular flexibility index (Phi) is 11.4. The molecule has 2 rings (SSSR count). The van der Waals surface area contributed by atoms with Crippen molar-refractivity contribution in [1.82, 2.24) is 0 Å². The van der Waals surface area contributed by atoms with Crippen LogP contribution in [0.1, 0.15) is 2.85 Å². The third-order valence-corrected chi connectivity index (χ3v) is 1.49. The summed E-state index contributed by atoms with van der Waals surface area (Å²) in [7, 11) is 0. The van der Waals surface area contributed by atoms with Gasteiger partial charge in [0.05, 0.1) is 0 Å². The van der Waals surface area contributed by atoms with E-state index in [1.54, 1.807) is 24.3 Å². The Hall–Kier alpha value is -1.02. The normalized spacial score (nSPS) is 7.50. The van der Waals surface area contributed by atoms with Crippen LogP contribution in [0.4, 0.5) is 0 Å². The minimum absolute atomic E-state index is 0. The number of rotatable bonds is 0. The predicted molar refractivity (Wildman–Crippen MR) is 65.5 cm³/mol. The first-order valence-corrected chi connectivity index (χ1v) is 4.23. The molecule has 2 aromatic carbocycles. The van der Waals surface area contributed by atoms with Gasteiger partial charge in [-0.2, -0.15) is 0 Å². The van der Waals surface area contributed by atoms with Crippen LogP contribution in [0.3, 0.4) is 0 Å². The minimum Gasteiger partial charge on any atom is -1.00 e. The predicted octanol–water partition coefficient (Wildman–Crippen LogP) is 0.984. The fourth-order valence-electron chi connectivity index (χ4n) is 0.841. The molecule has 0 saturated carbocycles. The molecule has 0 bridgehead atoms. The van der Waals surface area contributed by atoms with Gasteiger partial charge in [-0.1, -0.05) is 60.7 Å². The van der Waals surface area contributed by atoms with E-state index in [1.807, 2.05) is 12.1 Å². The standard InChI is InChI=1S/2C6H6O.Be.Mg.2H/c2*7-6-4-2-1-3-5-6;;;;/h2*1-5,7H;;;;/q;;2*+2;2*-1/p-2. The molecule has 0 spiro atoms. The third-order valence-electron chi connectivity index (χ3n) is 1.49. The quantitative estimate of drug-likeness (QED) is 0.623. The fraction of sp³-hybridized carbons (Fsp3) is 0. The van der Waals surface area contributed by atoms with Gasteiger partial charge in [0.25, 0.3) is 0 Å². The summed E-state index contributed by atoms with van der Waals surface area (Å²) in [6.45, 7) is 0. The SMILES string of the molecule is [Be+2].[H-].[H-].[Mg+2].[O-]c1ccccc1.[O-]c1ccccc1. The second-order valence-electron chi connectivity index (χ2n) is 2.63. The van der Waals surface area contributed by atoms with Gasteiger partial charge < -0.3 is 13.1 Å². The Bertz CT molecular complexity index is 325. The smallest absolute Gasteiger partial charge is 1.00 e. The first-order valence-electron chi connectivity index (χ1n) is 4.23. The molecule has 0 fully saturated rings. The molecule has 0 amide bonds. The first-order chi connectivity index (χ1) is 6.79. The molecule has 0 atom stereocenters. The third kappa shape index (κ3) is 8.30. The molecule has 0 saturated heterocycles. The molecule has 76 valence electrons. The van der Waals surface area contributed by atoms with Crippen LogP contribution in [0.25, 0.3) is 0 Å². The molecule has 0 heterocycles. The Morgan fingerprint density at radius 3 is 1.00 bits per heavy atom. The van der Waals surface area contributed by atoms with Gasteiger partial charge in [-0.05, 0) is 0 Å². The van der Waals surface area contributed by atoms with Crippen LogP contribution < -0.4 is 10.2 Å². The number of benzene rings is 2. The second-order valence-corrected chi connectivity index (χ2v) is 2.63. The molecular formula is C12H12BeMgO2. The van der Waals surface area contributed by atoms with E-state index < -0.39 is 0 Å². The number of para-hydroxylation sites is 2. The molecule has 2 aromatic rings. The van der Waals surface area contributed by atoms with Gasteiger partial charge in [-0.15, -0.1) is 11.5 Å². The van der Waals surface area contributed by atoms with Crippen molar-refractivity contribution in [2.75, 3.05) is 0 Å². The van der Waals surface area contributed by atoms with Crippen molar-refractivity contribution >= 4 is 33.2 Å². The molecule has 0 aromatic heterocycles. The monoisotopic (exact) mass is 221 g/mol. The molecule has 4 heteroatoms. The van der Waals surface area contributed by atoms with E-state index in [0.717, 1.165) is 0 Å². The van der Waals surface area contributed by atoms with Crippen molar-refractivity contribution in [3.8, 4) is 11.5 Å². The Balaban J connectivity index is -0.0000000891. The molecule has 0 radical (unpaired) electrons. The molecule has 2 nitrogen and oxygen atoms in total. The van der Waals surface area contributed by atoms with E-state index in [9.17, 15) is 10.2 Å². The van der Waals surface area contributed by atoms with Gasteiger partial charge >= 0.3 is 33.2 Å². The summed E-state index contributed by atoms with van der Waals surface area (Å²) >= 11 is 0. The van der Waals surface area contributed by atoms with E-state index in [1.165, 1.54) is 24.3 Å². The van der Waals surface area contributed by atoms with Gasteiger partial charge in [0.2, 0.25) is 0 Å². The van der Waals surface area contributed by atoms with Crippen molar-refractivity contribution in [3.63, 3.8) is 0 Å². The zero-order valence-corrected chi connectivity index (χ0v) is 10.4. The van der Waals surface area contributed by atoms with Crippen LogP contribution in [-0.2, 0) is 0 Å². The number of hydrogen-bond donors (Lipinski definition) is 0. The van der Waals surface area contributed by atoms with Crippen molar-refractivity contribution < 1.29 is 13.1 Å². The summed E-state index contributed by atoms with van der Waals surface area (Å²) in [5.74, 6) is 0.144. The van der Waals surface area contributed by atoms with E-state index >= 15 is 0 Å². The van der Waals surface area contributed by atoms with Gasteiger partial charge in [0, 0.05) is 0 Å². The minimum atomic E-state index is 0. The zero-order chi connectivity index (χ0) is 10.2. The van der Waals surface area contributed by atoms with Gasteiger partial charge in [0.15, 0.2) is 0 Å². The van der Waals surface area contributed by atoms with Crippen molar-refractivity contribution in [2.45, 2.75) is 0 Å². The Labute approximate surface area is 118 Å². The topological polar surface area (TPSA) is 46.1 Å². The summed E-state index contributed by atoms with van der Waals surface area (Å²) < 4.78 is 0. The van der Waals surface area contributed by atoms with E-state index in [0.29, 0.717) is 0 Å². The van der Waals surface area contributed by atoms with Gasteiger partial charge in [0.1, 0.15) is 0 Å². The van der Waals surface area contributed by atoms with Crippen molar-refractivity contribution in [1.29, 1.82) is 0 Å². The molecule has 0 aliphatic carbocycles. The molecule has 0 aliphatic rings.